The largest absolute Gasteiger partial charge is 0.358 e. The first-order valence-corrected chi connectivity index (χ1v) is 5.20. The average Bonchev–Trinajstić information content (AvgIpc) is 2.17. The van der Waals surface area contributed by atoms with Gasteiger partial charge in [0.2, 0.25) is 5.91 Å². The van der Waals surface area contributed by atoms with E-state index in [-0.39, 0.29) is 11.7 Å². The molecule has 0 radical (unpaired) electrons. The first-order valence-electron chi connectivity index (χ1n) is 5.20. The molecule has 4 nitrogen and oxygen atoms in total. The molecule has 0 saturated heterocycles. The molecule has 0 spiro atoms. The Morgan fingerprint density at radius 2 is 2.07 bits per heavy atom. The van der Waals surface area contributed by atoms with Gasteiger partial charge in [0.15, 0.2) is 5.78 Å². The third-order valence-electron chi connectivity index (χ3n) is 1.90. The number of allylic oxidation sites excluding steroid dienone is 1. The zero-order valence-electron chi connectivity index (χ0n) is 9.75. The second-order valence-corrected chi connectivity index (χ2v) is 3.42. The molecule has 0 bridgehead atoms. The maximum atomic E-state index is 11.2. The van der Waals surface area contributed by atoms with Gasteiger partial charge in [0.25, 0.3) is 0 Å². The molecule has 0 unspecified atom stereocenters. The Morgan fingerprint density at radius 1 is 1.40 bits per heavy atom. The van der Waals surface area contributed by atoms with Gasteiger partial charge in [-0.05, 0) is 26.0 Å². The van der Waals surface area contributed by atoms with Gasteiger partial charge < -0.3 is 5.32 Å². The van der Waals surface area contributed by atoms with E-state index in [0.29, 0.717) is 13.1 Å². The van der Waals surface area contributed by atoms with E-state index in [0.717, 1.165) is 13.0 Å². The number of amides is 1. The van der Waals surface area contributed by atoms with E-state index in [1.165, 1.54) is 13.0 Å². The molecule has 0 heterocycles. The highest BCUT2D eigenvalue weighted by molar-refractivity contribution is 5.87. The molecule has 1 N–H and O–H groups in total. The molecular formula is C11H20N2O2. The maximum absolute atomic E-state index is 11.2. The minimum Gasteiger partial charge on any atom is -0.358 e. The highest BCUT2D eigenvalue weighted by Gasteiger charge is 2.06. The Hall–Kier alpha value is -1.16. The topological polar surface area (TPSA) is 49.4 Å². The lowest BCUT2D eigenvalue weighted by Crippen LogP contribution is -2.36. The fourth-order valence-corrected chi connectivity index (χ4v) is 1.20. The average molecular weight is 212 g/mol. The van der Waals surface area contributed by atoms with Gasteiger partial charge in [0, 0.05) is 13.6 Å². The molecular weight excluding hydrogens is 192 g/mol. The summed E-state index contributed by atoms with van der Waals surface area (Å²) >= 11 is 0. The molecule has 86 valence electrons. The summed E-state index contributed by atoms with van der Waals surface area (Å²) < 4.78 is 0. The third kappa shape index (κ3) is 7.88. The lowest BCUT2D eigenvalue weighted by molar-refractivity contribution is -0.121. The minimum atomic E-state index is -0.000301. The van der Waals surface area contributed by atoms with Crippen molar-refractivity contribution < 1.29 is 9.59 Å². The number of carbonyl (C=O) groups excluding carboxylic acids is 2. The Balaban J connectivity index is 4.03. The van der Waals surface area contributed by atoms with E-state index in [4.69, 9.17) is 0 Å². The van der Waals surface area contributed by atoms with Crippen molar-refractivity contribution in [2.45, 2.75) is 20.3 Å². The molecule has 0 aromatic heterocycles. The van der Waals surface area contributed by atoms with Crippen molar-refractivity contribution in [1.82, 2.24) is 10.2 Å². The van der Waals surface area contributed by atoms with Crippen LogP contribution in [0.15, 0.2) is 12.2 Å². The molecule has 0 fully saturated rings. The van der Waals surface area contributed by atoms with E-state index >= 15 is 0 Å². The molecule has 0 aliphatic carbocycles. The summed E-state index contributed by atoms with van der Waals surface area (Å²) in [6, 6.07) is 0. The first kappa shape index (κ1) is 13.8. The molecule has 0 saturated carbocycles. The van der Waals surface area contributed by atoms with Crippen LogP contribution in [0, 0.1) is 0 Å². The van der Waals surface area contributed by atoms with Gasteiger partial charge >= 0.3 is 0 Å². The molecule has 15 heavy (non-hydrogen) atoms. The fourth-order valence-electron chi connectivity index (χ4n) is 1.20. The molecule has 0 aliphatic rings. The smallest absolute Gasteiger partial charge is 0.233 e. The van der Waals surface area contributed by atoms with Gasteiger partial charge in [0.05, 0.1) is 6.54 Å². The third-order valence-corrected chi connectivity index (χ3v) is 1.90. The van der Waals surface area contributed by atoms with Crippen molar-refractivity contribution in [3.63, 3.8) is 0 Å². The number of hydrogen-bond acceptors (Lipinski definition) is 3. The van der Waals surface area contributed by atoms with Gasteiger partial charge in [-0.25, -0.2) is 0 Å². The number of likely N-dealkylation sites (N-methyl/N-ethyl adjacent to an activating group) is 1. The second kappa shape index (κ2) is 8.17. The van der Waals surface area contributed by atoms with Crippen LogP contribution in [0.2, 0.25) is 0 Å². The summed E-state index contributed by atoms with van der Waals surface area (Å²) in [5.41, 5.74) is 0. The minimum absolute atomic E-state index is 0.000301. The van der Waals surface area contributed by atoms with Gasteiger partial charge in [-0.2, -0.15) is 0 Å². The van der Waals surface area contributed by atoms with Crippen LogP contribution in [0.4, 0.5) is 0 Å². The van der Waals surface area contributed by atoms with E-state index in [9.17, 15) is 9.59 Å². The van der Waals surface area contributed by atoms with Gasteiger partial charge in [-0.15, -0.1) is 0 Å². The normalized spacial score (nSPS) is 10.9. The van der Waals surface area contributed by atoms with Gasteiger partial charge in [-0.1, -0.05) is 13.0 Å². The Labute approximate surface area is 91.3 Å². The molecule has 4 heteroatoms. The number of hydrogen-bond donors (Lipinski definition) is 1. The Bertz CT molecular complexity index is 237. The summed E-state index contributed by atoms with van der Waals surface area (Å²) in [5.74, 6) is 0.0334. The highest BCUT2D eigenvalue weighted by atomic mass is 16.2. The van der Waals surface area contributed by atoms with Crippen molar-refractivity contribution in [3.8, 4) is 0 Å². The Kier molecular flexibility index (Phi) is 7.54. The highest BCUT2D eigenvalue weighted by Crippen LogP contribution is 1.92. The standard InChI is InChI=1S/C11H20N2O2/c1-4-7-13(9-11(15)12-3)8-5-6-10(2)14/h5-6H,4,7-9H2,1-3H3,(H,12,15)/b6-5+. The van der Waals surface area contributed by atoms with Gasteiger partial charge in [0.1, 0.15) is 0 Å². The quantitative estimate of drug-likeness (QED) is 0.628. The van der Waals surface area contributed by atoms with Crippen LogP contribution in [-0.4, -0.2) is 43.3 Å². The number of rotatable bonds is 7. The lowest BCUT2D eigenvalue weighted by Gasteiger charge is -2.18. The number of nitrogens with one attached hydrogen (secondary N) is 1. The monoisotopic (exact) mass is 212 g/mol. The van der Waals surface area contributed by atoms with Crippen molar-refractivity contribution in [1.29, 1.82) is 0 Å². The van der Waals surface area contributed by atoms with Crippen LogP contribution < -0.4 is 5.32 Å². The van der Waals surface area contributed by atoms with Crippen LogP contribution in [0.1, 0.15) is 20.3 Å². The molecule has 0 aliphatic heterocycles. The molecule has 0 atom stereocenters. The lowest BCUT2D eigenvalue weighted by atomic mass is 10.3. The second-order valence-electron chi connectivity index (χ2n) is 3.42. The zero-order chi connectivity index (χ0) is 11.7. The summed E-state index contributed by atoms with van der Waals surface area (Å²) in [4.78, 5) is 23.8. The van der Waals surface area contributed by atoms with Gasteiger partial charge in [-0.3, -0.25) is 14.5 Å². The fraction of sp³-hybridized carbons (Fsp3) is 0.636. The summed E-state index contributed by atoms with van der Waals surface area (Å²) in [6.45, 7) is 5.45. The van der Waals surface area contributed by atoms with Crippen molar-refractivity contribution >= 4 is 11.7 Å². The van der Waals surface area contributed by atoms with Crippen LogP contribution >= 0.6 is 0 Å². The summed E-state index contributed by atoms with van der Waals surface area (Å²) in [6.07, 6.45) is 4.32. The van der Waals surface area contributed by atoms with Crippen LogP contribution in [0.3, 0.4) is 0 Å². The summed E-state index contributed by atoms with van der Waals surface area (Å²) in [5, 5.41) is 2.58. The predicted octanol–water partition coefficient (Wildman–Crippen LogP) is 0.590. The van der Waals surface area contributed by atoms with E-state index in [1.807, 2.05) is 4.90 Å². The zero-order valence-corrected chi connectivity index (χ0v) is 9.75. The molecule has 1 amide bonds. The van der Waals surface area contributed by atoms with Crippen molar-refractivity contribution in [2.24, 2.45) is 0 Å². The number of carbonyl (C=O) groups is 2. The predicted molar refractivity (Wildman–Crippen MR) is 60.6 cm³/mol. The SMILES string of the molecule is CCCN(C/C=C/C(C)=O)CC(=O)NC. The molecule has 0 aromatic carbocycles. The van der Waals surface area contributed by atoms with Crippen LogP contribution in [-0.2, 0) is 9.59 Å². The summed E-state index contributed by atoms with van der Waals surface area (Å²) in [7, 11) is 1.62. The van der Waals surface area contributed by atoms with E-state index in [1.54, 1.807) is 13.1 Å². The Morgan fingerprint density at radius 3 is 2.53 bits per heavy atom. The maximum Gasteiger partial charge on any atom is 0.233 e. The van der Waals surface area contributed by atoms with E-state index in [2.05, 4.69) is 12.2 Å². The number of ketones is 1. The van der Waals surface area contributed by atoms with Crippen molar-refractivity contribution in [2.75, 3.05) is 26.7 Å². The van der Waals surface area contributed by atoms with Crippen molar-refractivity contribution in [3.05, 3.63) is 12.2 Å². The molecule has 0 aromatic rings. The first-order chi connectivity index (χ1) is 7.10. The van der Waals surface area contributed by atoms with E-state index < -0.39 is 0 Å². The van der Waals surface area contributed by atoms with Crippen LogP contribution in [0.5, 0.6) is 0 Å². The van der Waals surface area contributed by atoms with Crippen LogP contribution in [0.25, 0.3) is 0 Å². The molecule has 0 rings (SSSR count). The number of nitrogens with zero attached hydrogens (tertiary/aromatic N) is 1.